The fourth-order valence-corrected chi connectivity index (χ4v) is 6.51. The minimum atomic E-state index is -0.421. The maximum atomic E-state index is 13.7. The highest BCUT2D eigenvalue weighted by molar-refractivity contribution is 7.12. The average molecular weight is 509 g/mol. The first kappa shape index (κ1) is 24.2. The van der Waals surface area contributed by atoms with E-state index in [2.05, 4.69) is 58.9 Å². The average Bonchev–Trinajstić information content (AvgIpc) is 3.67. The maximum Gasteiger partial charge on any atom is 0.264 e. The molecule has 2 aliphatic rings. The third-order valence-corrected chi connectivity index (χ3v) is 8.79. The fourth-order valence-electron chi connectivity index (χ4n) is 5.10. The lowest BCUT2D eigenvalue weighted by Gasteiger charge is -2.32. The molecule has 35 heavy (non-hydrogen) atoms. The molecule has 1 N–H and O–H groups in total. The zero-order valence-corrected chi connectivity index (χ0v) is 21.7. The van der Waals surface area contributed by atoms with E-state index in [4.69, 9.17) is 0 Å². The standard InChI is InChI=1S/C27H32N4O2S2/c1-20-6-2-3-7-21(20)17-30(19-23-8-4-14-34-23)22-16-24(26(32)29-12-10-28-11-13-29)31(18-22)27(33)25-9-5-15-35-25/h2-9,14-15,22,24,28H,10-13,16-19H2,1H3. The van der Waals surface area contributed by atoms with E-state index < -0.39 is 6.04 Å². The molecule has 1 aromatic carbocycles. The SMILES string of the molecule is Cc1ccccc1CN(Cc1cccs1)C1CC(C(=O)N2CCNCC2)N(C(=O)c2cccs2)C1. The first-order chi connectivity index (χ1) is 17.1. The Morgan fingerprint density at radius 3 is 2.49 bits per heavy atom. The van der Waals surface area contributed by atoms with Crippen LogP contribution in [0.2, 0.25) is 0 Å². The van der Waals surface area contributed by atoms with Crippen molar-refractivity contribution in [1.82, 2.24) is 20.0 Å². The Kier molecular flexibility index (Phi) is 7.63. The minimum absolute atomic E-state index is 0.0250. The molecule has 5 rings (SSSR count). The molecule has 0 spiro atoms. The zero-order chi connectivity index (χ0) is 24.2. The number of piperazine rings is 1. The van der Waals surface area contributed by atoms with Crippen LogP contribution in [-0.2, 0) is 17.9 Å². The van der Waals surface area contributed by atoms with Crippen molar-refractivity contribution in [3.63, 3.8) is 0 Å². The van der Waals surface area contributed by atoms with Gasteiger partial charge in [-0.2, -0.15) is 0 Å². The summed E-state index contributed by atoms with van der Waals surface area (Å²) in [6, 6.07) is 16.2. The number of rotatable bonds is 7. The Labute approximate surface area is 215 Å². The summed E-state index contributed by atoms with van der Waals surface area (Å²) in [5, 5.41) is 7.36. The van der Waals surface area contributed by atoms with Crippen LogP contribution in [0.25, 0.3) is 0 Å². The van der Waals surface area contributed by atoms with Crippen molar-refractivity contribution in [3.8, 4) is 0 Å². The number of aryl methyl sites for hydroxylation is 1. The molecule has 2 unspecified atom stereocenters. The van der Waals surface area contributed by atoms with Crippen molar-refractivity contribution in [2.75, 3.05) is 32.7 Å². The van der Waals surface area contributed by atoms with Gasteiger partial charge in [0.15, 0.2) is 0 Å². The molecular weight excluding hydrogens is 476 g/mol. The van der Waals surface area contributed by atoms with Gasteiger partial charge in [-0.15, -0.1) is 22.7 Å². The summed E-state index contributed by atoms with van der Waals surface area (Å²) in [6.45, 7) is 7.33. The number of carbonyl (C=O) groups excluding carboxylic acids is 2. The number of benzene rings is 1. The van der Waals surface area contributed by atoms with Gasteiger partial charge in [0.2, 0.25) is 5.91 Å². The van der Waals surface area contributed by atoms with Crippen LogP contribution in [0, 0.1) is 6.92 Å². The number of hydrogen-bond acceptors (Lipinski definition) is 6. The number of thiophene rings is 2. The van der Waals surface area contributed by atoms with E-state index in [-0.39, 0.29) is 17.9 Å². The van der Waals surface area contributed by atoms with Crippen LogP contribution in [0.5, 0.6) is 0 Å². The molecule has 0 saturated carbocycles. The molecule has 0 radical (unpaired) electrons. The van der Waals surface area contributed by atoms with E-state index in [1.165, 1.54) is 27.3 Å². The zero-order valence-electron chi connectivity index (χ0n) is 20.1. The van der Waals surface area contributed by atoms with Gasteiger partial charge in [0.1, 0.15) is 6.04 Å². The molecule has 2 atom stereocenters. The number of hydrogen-bond donors (Lipinski definition) is 1. The van der Waals surface area contributed by atoms with Crippen LogP contribution in [-0.4, -0.2) is 71.3 Å². The van der Waals surface area contributed by atoms with E-state index in [1.807, 2.05) is 27.3 Å². The third kappa shape index (κ3) is 5.51. The lowest BCUT2D eigenvalue weighted by atomic mass is 10.1. The predicted molar refractivity (Wildman–Crippen MR) is 142 cm³/mol. The van der Waals surface area contributed by atoms with Gasteiger partial charge < -0.3 is 15.1 Å². The predicted octanol–water partition coefficient (Wildman–Crippen LogP) is 3.84. The number of likely N-dealkylation sites (tertiary alicyclic amines) is 1. The van der Waals surface area contributed by atoms with Gasteiger partial charge in [-0.1, -0.05) is 36.4 Å². The molecule has 4 heterocycles. The number of nitrogens with zero attached hydrogens (tertiary/aromatic N) is 3. The lowest BCUT2D eigenvalue weighted by Crippen LogP contribution is -2.53. The summed E-state index contributed by atoms with van der Waals surface area (Å²) >= 11 is 3.20. The van der Waals surface area contributed by atoms with Gasteiger partial charge in [0.25, 0.3) is 5.91 Å². The van der Waals surface area contributed by atoms with Gasteiger partial charge in [-0.05, 0) is 47.4 Å². The summed E-state index contributed by atoms with van der Waals surface area (Å²) in [5.74, 6) is 0.0637. The molecule has 8 heteroatoms. The van der Waals surface area contributed by atoms with Crippen LogP contribution < -0.4 is 5.32 Å². The molecule has 3 aromatic rings. The smallest absolute Gasteiger partial charge is 0.264 e. The lowest BCUT2D eigenvalue weighted by molar-refractivity contribution is -0.135. The fraction of sp³-hybridized carbons (Fsp3) is 0.407. The van der Waals surface area contributed by atoms with E-state index in [9.17, 15) is 9.59 Å². The van der Waals surface area contributed by atoms with E-state index >= 15 is 0 Å². The second-order valence-corrected chi connectivity index (χ2v) is 11.3. The first-order valence-corrected chi connectivity index (χ1v) is 14.0. The maximum absolute atomic E-state index is 13.7. The monoisotopic (exact) mass is 508 g/mol. The Morgan fingerprint density at radius 1 is 1.00 bits per heavy atom. The number of carbonyl (C=O) groups is 2. The van der Waals surface area contributed by atoms with Gasteiger partial charge in [0.05, 0.1) is 4.88 Å². The van der Waals surface area contributed by atoms with Crippen LogP contribution in [0.15, 0.2) is 59.3 Å². The molecule has 184 valence electrons. The van der Waals surface area contributed by atoms with Crippen LogP contribution in [0.1, 0.15) is 32.1 Å². The molecule has 6 nitrogen and oxygen atoms in total. The largest absolute Gasteiger partial charge is 0.338 e. The molecule has 0 bridgehead atoms. The van der Waals surface area contributed by atoms with Crippen molar-refractivity contribution < 1.29 is 9.59 Å². The van der Waals surface area contributed by atoms with Gasteiger partial charge in [-0.25, -0.2) is 0 Å². The normalized spacial score (nSPS) is 20.5. The van der Waals surface area contributed by atoms with Crippen LogP contribution in [0.4, 0.5) is 0 Å². The Bertz CT molecular complexity index is 1130. The van der Waals surface area contributed by atoms with Crippen molar-refractivity contribution >= 4 is 34.5 Å². The highest BCUT2D eigenvalue weighted by atomic mass is 32.1. The highest BCUT2D eigenvalue weighted by Gasteiger charge is 2.44. The summed E-state index contributed by atoms with van der Waals surface area (Å²) in [5.41, 5.74) is 2.55. The van der Waals surface area contributed by atoms with Crippen molar-refractivity contribution in [1.29, 1.82) is 0 Å². The highest BCUT2D eigenvalue weighted by Crippen LogP contribution is 2.30. The molecule has 2 aromatic heterocycles. The minimum Gasteiger partial charge on any atom is -0.338 e. The van der Waals surface area contributed by atoms with Crippen LogP contribution in [0.3, 0.4) is 0 Å². The summed E-state index contributed by atoms with van der Waals surface area (Å²) < 4.78 is 0. The van der Waals surface area contributed by atoms with E-state index in [1.54, 1.807) is 11.3 Å². The summed E-state index contributed by atoms with van der Waals surface area (Å²) in [4.78, 5) is 35.5. The van der Waals surface area contributed by atoms with Gasteiger partial charge in [0, 0.05) is 56.7 Å². The second kappa shape index (κ2) is 11.0. The quantitative estimate of drug-likeness (QED) is 0.527. The van der Waals surface area contributed by atoms with Crippen LogP contribution >= 0.6 is 22.7 Å². The van der Waals surface area contributed by atoms with Crippen molar-refractivity contribution in [2.45, 2.75) is 38.5 Å². The number of amides is 2. The first-order valence-electron chi connectivity index (χ1n) is 12.2. The summed E-state index contributed by atoms with van der Waals surface area (Å²) in [7, 11) is 0. The second-order valence-electron chi connectivity index (χ2n) is 9.33. The Balaban J connectivity index is 1.43. The molecule has 0 aliphatic carbocycles. The van der Waals surface area contributed by atoms with Gasteiger partial charge in [-0.3, -0.25) is 14.5 Å². The number of nitrogens with one attached hydrogen (secondary N) is 1. The topological polar surface area (TPSA) is 55.9 Å². The molecule has 2 amide bonds. The van der Waals surface area contributed by atoms with E-state index in [0.717, 1.165) is 26.2 Å². The van der Waals surface area contributed by atoms with E-state index in [0.29, 0.717) is 30.9 Å². The molecule has 2 saturated heterocycles. The third-order valence-electron chi connectivity index (χ3n) is 7.08. The molecule has 2 aliphatic heterocycles. The van der Waals surface area contributed by atoms with Crippen molar-refractivity contribution in [3.05, 3.63) is 80.2 Å². The molecule has 2 fully saturated rings. The van der Waals surface area contributed by atoms with Gasteiger partial charge >= 0.3 is 0 Å². The van der Waals surface area contributed by atoms with Crippen molar-refractivity contribution in [2.24, 2.45) is 0 Å². The Hall–Kier alpha value is -2.52. The summed E-state index contributed by atoms with van der Waals surface area (Å²) in [6.07, 6.45) is 0.664. The molecular formula is C27H32N4O2S2. The Morgan fingerprint density at radius 2 is 1.77 bits per heavy atom.